The Morgan fingerprint density at radius 3 is 2.05 bits per heavy atom. The number of hydrogen-bond acceptors (Lipinski definition) is 5. The maximum absolute atomic E-state index is 7.20. The van der Waals surface area contributed by atoms with E-state index in [9.17, 15) is 0 Å². The molecular weight excluding hydrogens is 807 g/mol. The lowest BCUT2D eigenvalue weighted by Crippen LogP contribution is -2.28. The summed E-state index contributed by atoms with van der Waals surface area (Å²) in [5, 5.41) is 9.39. The van der Waals surface area contributed by atoms with Crippen LogP contribution in [-0.2, 0) is 13.1 Å². The van der Waals surface area contributed by atoms with Gasteiger partial charge in [0.25, 0.3) is 8.45 Å². The van der Waals surface area contributed by atoms with Crippen LogP contribution >= 0.6 is 16.4 Å². The van der Waals surface area contributed by atoms with E-state index in [0.717, 1.165) is 62.0 Å². The smallest absolute Gasteiger partial charge is 0.279 e. The molecule has 1 aromatic heterocycles. The average molecular weight is 855 g/mol. The molecule has 5 nitrogen and oxygen atoms in total. The predicted octanol–water partition coefficient (Wildman–Crippen LogP) is 12.6. The summed E-state index contributed by atoms with van der Waals surface area (Å²) in [5.74, 6) is 1.20. The highest BCUT2D eigenvalue weighted by Crippen LogP contribution is 2.60. The van der Waals surface area contributed by atoms with Gasteiger partial charge in [0.15, 0.2) is 5.75 Å². The van der Waals surface area contributed by atoms with Gasteiger partial charge in [-0.3, -0.25) is 9.88 Å². The Morgan fingerprint density at radius 2 is 1.25 bits per heavy atom. The Balaban J connectivity index is 0.959. The zero-order valence-corrected chi connectivity index (χ0v) is 37.0. The molecule has 4 heterocycles. The Kier molecular flexibility index (Phi) is 10.2. The second-order valence-electron chi connectivity index (χ2n) is 17.1. The molecule has 3 aliphatic heterocycles. The molecule has 0 spiro atoms. The van der Waals surface area contributed by atoms with Crippen LogP contribution in [0.5, 0.6) is 5.75 Å². The molecule has 0 bridgehead atoms. The second-order valence-corrected chi connectivity index (χ2v) is 21.1. The minimum absolute atomic E-state index is 0.302. The first-order chi connectivity index (χ1) is 31.2. The fraction of sp³-hybridized carbons (Fsp3) is 0.161. The Bertz CT molecular complexity index is 3050. The van der Waals surface area contributed by atoms with Gasteiger partial charge >= 0.3 is 0 Å². The van der Waals surface area contributed by atoms with Gasteiger partial charge in [0.05, 0.1) is 0 Å². The zero-order chi connectivity index (χ0) is 41.7. The van der Waals surface area contributed by atoms with Gasteiger partial charge in [0, 0.05) is 62.0 Å². The Morgan fingerprint density at radius 1 is 0.603 bits per heavy atom. The van der Waals surface area contributed by atoms with Crippen LogP contribution in [0.4, 0.5) is 5.69 Å². The highest BCUT2D eigenvalue weighted by molar-refractivity contribution is 7.73. The number of para-hydroxylation sites is 2. The molecule has 7 heteroatoms. The molecule has 0 saturated carbocycles. The molecule has 3 atom stereocenters. The topological polar surface area (TPSA) is 31.8 Å². The van der Waals surface area contributed by atoms with Crippen molar-refractivity contribution in [2.75, 3.05) is 30.5 Å². The number of rotatable bonds is 9. The summed E-state index contributed by atoms with van der Waals surface area (Å²) in [6.45, 7) is 4.73. The number of fused-ring (bicyclic) bond motifs is 9. The van der Waals surface area contributed by atoms with Crippen LogP contribution in [0.2, 0.25) is 0 Å². The number of pyridine rings is 1. The summed E-state index contributed by atoms with van der Waals surface area (Å²) in [5.41, 5.74) is 9.30. The molecule has 3 aliphatic rings. The number of hydrogen-bond donors (Lipinski definition) is 0. The number of benzene rings is 8. The van der Waals surface area contributed by atoms with E-state index < -0.39 is 16.4 Å². The lowest BCUT2D eigenvalue weighted by atomic mass is 9.82. The quantitative estimate of drug-likeness (QED) is 0.135. The van der Waals surface area contributed by atoms with Gasteiger partial charge in [-0.05, 0) is 105 Å². The van der Waals surface area contributed by atoms with Crippen molar-refractivity contribution >= 4 is 65.1 Å². The molecule has 9 aromatic rings. The summed E-state index contributed by atoms with van der Waals surface area (Å²) < 4.78 is 12.4. The van der Waals surface area contributed by atoms with Crippen molar-refractivity contribution in [3.8, 4) is 16.9 Å². The van der Waals surface area contributed by atoms with Crippen LogP contribution < -0.4 is 19.8 Å². The first kappa shape index (κ1) is 38.7. The van der Waals surface area contributed by atoms with E-state index in [2.05, 4.69) is 196 Å². The maximum Gasteiger partial charge on any atom is 0.279 e. The number of nitrogens with zero attached hydrogens (tertiary/aromatic N) is 4. The monoisotopic (exact) mass is 854 g/mol. The Labute approximate surface area is 372 Å². The van der Waals surface area contributed by atoms with Crippen molar-refractivity contribution in [1.82, 2.24) is 14.6 Å². The molecular formula is C56H48N4OP2. The number of aromatic nitrogens is 1. The predicted molar refractivity (Wildman–Crippen MR) is 266 cm³/mol. The third-order valence-electron chi connectivity index (χ3n) is 13.5. The third kappa shape index (κ3) is 7.09. The average Bonchev–Trinajstić information content (AvgIpc) is 3.87. The highest BCUT2D eigenvalue weighted by atomic mass is 31.2. The van der Waals surface area contributed by atoms with Gasteiger partial charge in [-0.25, -0.2) is 4.67 Å². The van der Waals surface area contributed by atoms with Crippen LogP contribution in [0.15, 0.2) is 194 Å². The first-order valence-corrected chi connectivity index (χ1v) is 25.0. The first-order valence-electron chi connectivity index (χ1n) is 22.3. The summed E-state index contributed by atoms with van der Waals surface area (Å²) >= 11 is 0. The number of anilines is 1. The maximum atomic E-state index is 7.20. The van der Waals surface area contributed by atoms with E-state index in [1.165, 1.54) is 65.7 Å². The van der Waals surface area contributed by atoms with Gasteiger partial charge in [0.2, 0.25) is 0 Å². The van der Waals surface area contributed by atoms with Crippen molar-refractivity contribution in [2.24, 2.45) is 0 Å². The molecule has 12 rings (SSSR count). The molecule has 0 aliphatic carbocycles. The largest absolute Gasteiger partial charge is 0.438 e. The van der Waals surface area contributed by atoms with Crippen molar-refractivity contribution in [2.45, 2.75) is 31.5 Å². The summed E-state index contributed by atoms with van der Waals surface area (Å²) in [6, 6.07) is 69.8. The van der Waals surface area contributed by atoms with Gasteiger partial charge in [-0.2, -0.15) is 0 Å². The van der Waals surface area contributed by atoms with Gasteiger partial charge in [0.1, 0.15) is 5.52 Å². The van der Waals surface area contributed by atoms with E-state index in [1.807, 2.05) is 12.3 Å². The van der Waals surface area contributed by atoms with Crippen LogP contribution in [0.3, 0.4) is 0 Å². The lowest BCUT2D eigenvalue weighted by Gasteiger charge is -2.29. The molecule has 0 N–H and O–H groups in total. The van der Waals surface area contributed by atoms with Crippen molar-refractivity contribution < 1.29 is 4.52 Å². The van der Waals surface area contributed by atoms with Crippen molar-refractivity contribution in [3.63, 3.8) is 0 Å². The van der Waals surface area contributed by atoms with E-state index in [-0.39, 0.29) is 0 Å². The zero-order valence-electron chi connectivity index (χ0n) is 35.2. The molecule has 8 aromatic carbocycles. The minimum atomic E-state index is -1.14. The molecule has 0 amide bonds. The molecule has 2 unspecified atom stereocenters. The summed E-state index contributed by atoms with van der Waals surface area (Å²) in [7, 11) is -1.66. The normalized spacial score (nSPS) is 18.7. The van der Waals surface area contributed by atoms with Crippen LogP contribution in [0, 0.1) is 0 Å². The lowest BCUT2D eigenvalue weighted by molar-refractivity contribution is 0.276. The van der Waals surface area contributed by atoms with E-state index in [4.69, 9.17) is 9.51 Å². The molecule has 2 saturated heterocycles. The van der Waals surface area contributed by atoms with E-state index >= 15 is 0 Å². The molecule has 2 fully saturated rings. The summed E-state index contributed by atoms with van der Waals surface area (Å²) in [6.07, 6.45) is 4.07. The van der Waals surface area contributed by atoms with E-state index in [1.54, 1.807) is 0 Å². The molecule has 0 radical (unpaired) electrons. The molecule has 308 valence electrons. The second kappa shape index (κ2) is 16.6. The summed E-state index contributed by atoms with van der Waals surface area (Å²) in [4.78, 5) is 7.54. The van der Waals surface area contributed by atoms with Crippen LogP contribution in [0.1, 0.15) is 29.0 Å². The van der Waals surface area contributed by atoms with Gasteiger partial charge in [-0.1, -0.05) is 164 Å². The Hall–Kier alpha value is -5.93. The van der Waals surface area contributed by atoms with Gasteiger partial charge in [-0.15, -0.1) is 0 Å². The fourth-order valence-corrected chi connectivity index (χ4v) is 15.2. The minimum Gasteiger partial charge on any atom is -0.438 e. The third-order valence-corrected chi connectivity index (χ3v) is 18.1. The SMILES string of the molecule is c1ccc(N2C[C@@H]3C(c4cc5c(c6ccccc46)-c4c(ccc6ccccc46)CN(CCP(c4ccccc4)c4ccccc4)C5)CCN3P2Oc2cccc3cccnc23)cc1. The molecule has 63 heavy (non-hydrogen) atoms. The highest BCUT2D eigenvalue weighted by Gasteiger charge is 2.50. The van der Waals surface area contributed by atoms with Gasteiger partial charge < -0.3 is 9.19 Å². The van der Waals surface area contributed by atoms with Crippen molar-refractivity contribution in [3.05, 3.63) is 211 Å². The van der Waals surface area contributed by atoms with Crippen LogP contribution in [0.25, 0.3) is 43.6 Å². The fourth-order valence-electron chi connectivity index (χ4n) is 10.7. The van der Waals surface area contributed by atoms with E-state index in [0.29, 0.717) is 12.0 Å². The standard InChI is InChI=1S/C56H48N4OP2/c1-4-19-44(20-5-1)60-39-52-49(31-33-59(52)63(60)61-53-28-14-17-41-18-15-32-57-56(41)53)51-36-43-38-58(34-35-62(45-21-6-2-7-22-45)46-23-8-3-9-24-46)37-42-30-29-40-16-10-11-25-47(40)54(42)55(43)50-27-13-12-26-48(50)51/h1-30,32,36,49,52H,31,33-35,37-39H2/t49?,52-,63?/m1/s1. The van der Waals surface area contributed by atoms with Crippen molar-refractivity contribution in [1.29, 1.82) is 0 Å². The van der Waals surface area contributed by atoms with Crippen LogP contribution in [-0.4, -0.2) is 46.4 Å².